The average molecular weight is 1010 g/mol. The Morgan fingerprint density at radius 1 is 0.620 bits per heavy atom. The predicted octanol–water partition coefficient (Wildman–Crippen LogP) is 6.14. The Morgan fingerprint density at radius 2 is 1.03 bits per heavy atom. The molecule has 0 aliphatic carbocycles. The predicted molar refractivity (Wildman–Crippen MR) is 258 cm³/mol. The standard InChI is InChI=1S/C46H61F6N13O6/c1-26(8-13-39(68)64-34-21-28(45(47,48)49)20-33(40(34)70-31-14-18-57-24-31)62-37(66)6-2-4-16-59-42(53)54)27-9-11-30(12-10-27)61-44(69)65-36-23-29(46(50,51)52)22-35(41(36)71-32-15-19-58-25-32)63-38(67)7-3-5-17-60-43(55)56/h9-12,20-23,26,31-32,57-58H,2-8,13-19,24-25H2,1H3,(H,62,66)(H,63,67)(H,64,68)(H4,53,54,59)(H4,55,56,60)(H2,61,65,69). The van der Waals surface area contributed by atoms with Crippen molar-refractivity contribution in [3.8, 4) is 11.5 Å². The van der Waals surface area contributed by atoms with Crippen molar-refractivity contribution >= 4 is 64.1 Å². The van der Waals surface area contributed by atoms with E-state index < -0.39 is 59.4 Å². The van der Waals surface area contributed by atoms with Gasteiger partial charge in [-0.05, 0) is 106 Å². The van der Waals surface area contributed by atoms with Gasteiger partial charge in [0.2, 0.25) is 17.7 Å². The number of hydrogen-bond acceptors (Lipinski definition) is 10. The smallest absolute Gasteiger partial charge is 0.416 e. The summed E-state index contributed by atoms with van der Waals surface area (Å²) in [5, 5.41) is 18.9. The molecular formula is C46H61F6N13O6. The van der Waals surface area contributed by atoms with Crippen LogP contribution in [-0.2, 0) is 26.7 Å². The van der Waals surface area contributed by atoms with Crippen LogP contribution in [0, 0.1) is 0 Å². The van der Waals surface area contributed by atoms with E-state index in [4.69, 9.17) is 32.4 Å². The zero-order chi connectivity index (χ0) is 51.7. The highest BCUT2D eigenvalue weighted by molar-refractivity contribution is 6.03. The van der Waals surface area contributed by atoms with E-state index in [2.05, 4.69) is 47.2 Å². The average Bonchev–Trinajstić information content (AvgIpc) is 4.02. The molecule has 388 valence electrons. The number of unbranched alkanes of at least 4 members (excludes halogenated alkanes) is 2. The van der Waals surface area contributed by atoms with Crippen LogP contribution in [0.4, 0.5) is 59.6 Å². The Hall–Kier alpha value is -7.02. The zero-order valence-corrected chi connectivity index (χ0v) is 39.1. The largest absolute Gasteiger partial charge is 0.485 e. The van der Waals surface area contributed by atoms with Gasteiger partial charge in [-0.15, -0.1) is 0 Å². The number of guanidine groups is 2. The van der Waals surface area contributed by atoms with Gasteiger partial charge >= 0.3 is 18.4 Å². The normalized spacial score (nSPS) is 16.0. The molecule has 2 heterocycles. The van der Waals surface area contributed by atoms with Gasteiger partial charge in [-0.3, -0.25) is 24.4 Å². The molecule has 2 aliphatic heterocycles. The fourth-order valence-electron chi connectivity index (χ4n) is 7.54. The molecule has 3 unspecified atom stereocenters. The van der Waals surface area contributed by atoms with Crippen LogP contribution in [0.5, 0.6) is 11.5 Å². The highest BCUT2D eigenvalue weighted by Gasteiger charge is 2.36. The molecule has 0 aromatic heterocycles. The molecule has 25 heteroatoms. The third-order valence-electron chi connectivity index (χ3n) is 11.3. The first kappa shape index (κ1) is 54.9. The third kappa shape index (κ3) is 18.0. The second-order valence-corrected chi connectivity index (χ2v) is 17.1. The Bertz CT molecular complexity index is 2360. The van der Waals surface area contributed by atoms with Crippen LogP contribution >= 0.6 is 0 Å². The molecule has 5 rings (SSSR count). The summed E-state index contributed by atoms with van der Waals surface area (Å²) < 4.78 is 97.4. The number of hydrogen-bond donors (Lipinski definition) is 11. The number of rotatable bonds is 23. The second kappa shape index (κ2) is 25.7. The number of anilines is 5. The van der Waals surface area contributed by atoms with Crippen LogP contribution in [-0.4, -0.2) is 87.1 Å². The first-order chi connectivity index (χ1) is 33.6. The maximum atomic E-state index is 14.2. The highest BCUT2D eigenvalue weighted by Crippen LogP contribution is 2.44. The van der Waals surface area contributed by atoms with Gasteiger partial charge in [-0.1, -0.05) is 19.1 Å². The lowest BCUT2D eigenvalue weighted by atomic mass is 9.96. The van der Waals surface area contributed by atoms with Gasteiger partial charge in [0.15, 0.2) is 23.4 Å². The Kier molecular flexibility index (Phi) is 19.9. The summed E-state index contributed by atoms with van der Waals surface area (Å²) in [5.41, 5.74) is 18.9. The number of nitrogens with zero attached hydrogens (tertiary/aromatic N) is 2. The van der Waals surface area contributed by atoms with E-state index in [9.17, 15) is 45.5 Å². The molecule has 0 radical (unpaired) electrons. The van der Waals surface area contributed by atoms with E-state index in [0.29, 0.717) is 64.7 Å². The fraction of sp³-hybridized carbons (Fsp3) is 0.478. The SMILES string of the molecule is CC(CCC(=O)Nc1cc(C(F)(F)F)cc(NC(=O)CCCCN=C(N)N)c1OC1CCNC1)c1ccc(NC(=O)Nc2cc(C(F)(F)F)cc(NC(=O)CCCCN=C(N)N)c2OC2CCNC2)cc1. The lowest BCUT2D eigenvalue weighted by Crippen LogP contribution is -2.25. The number of alkyl halides is 6. The molecule has 2 fully saturated rings. The third-order valence-corrected chi connectivity index (χ3v) is 11.3. The van der Waals surface area contributed by atoms with Crippen molar-refractivity contribution in [1.82, 2.24) is 10.6 Å². The van der Waals surface area contributed by atoms with Crippen molar-refractivity contribution in [1.29, 1.82) is 0 Å². The van der Waals surface area contributed by atoms with Crippen molar-refractivity contribution in [2.45, 2.75) is 102 Å². The summed E-state index contributed by atoms with van der Waals surface area (Å²) in [6, 6.07) is 8.49. The van der Waals surface area contributed by atoms with Crippen molar-refractivity contribution < 1.29 is 55.0 Å². The number of nitrogens with two attached hydrogens (primary N) is 4. The molecule has 3 aromatic carbocycles. The molecule has 71 heavy (non-hydrogen) atoms. The summed E-state index contributed by atoms with van der Waals surface area (Å²) in [5.74, 6) is -2.58. The molecular weight excluding hydrogens is 945 g/mol. The number of urea groups is 1. The minimum absolute atomic E-state index is 0.0474. The van der Waals surface area contributed by atoms with Crippen LogP contribution in [0.25, 0.3) is 0 Å². The molecule has 0 saturated carbocycles. The molecule has 19 nitrogen and oxygen atoms in total. The lowest BCUT2D eigenvalue weighted by molar-refractivity contribution is -0.138. The topological polar surface area (TPSA) is 300 Å². The number of benzene rings is 3. The van der Waals surface area contributed by atoms with Crippen LogP contribution < -0.4 is 69.6 Å². The number of carbonyl (C=O) groups is 4. The van der Waals surface area contributed by atoms with Gasteiger partial charge in [0.1, 0.15) is 12.2 Å². The quantitative estimate of drug-likeness (QED) is 0.0221. The summed E-state index contributed by atoms with van der Waals surface area (Å²) in [6.07, 6.45) is -8.05. The minimum atomic E-state index is -4.86. The van der Waals surface area contributed by atoms with Gasteiger partial charge in [-0.25, -0.2) is 4.79 Å². The summed E-state index contributed by atoms with van der Waals surface area (Å²) in [4.78, 5) is 60.4. The molecule has 5 amide bonds. The van der Waals surface area contributed by atoms with E-state index in [1.165, 1.54) is 0 Å². The van der Waals surface area contributed by atoms with Crippen LogP contribution in [0.3, 0.4) is 0 Å². The van der Waals surface area contributed by atoms with Gasteiger partial charge in [0.25, 0.3) is 0 Å². The molecule has 0 bridgehead atoms. The van der Waals surface area contributed by atoms with E-state index in [1.807, 2.05) is 6.92 Å². The molecule has 2 saturated heterocycles. The summed E-state index contributed by atoms with van der Waals surface area (Å²) in [7, 11) is 0. The molecule has 3 aromatic rings. The van der Waals surface area contributed by atoms with E-state index in [-0.39, 0.29) is 96.5 Å². The van der Waals surface area contributed by atoms with E-state index >= 15 is 0 Å². The zero-order valence-electron chi connectivity index (χ0n) is 39.1. The number of carbonyl (C=O) groups excluding carboxylic acids is 4. The fourth-order valence-corrected chi connectivity index (χ4v) is 7.54. The Morgan fingerprint density at radius 3 is 1.41 bits per heavy atom. The maximum Gasteiger partial charge on any atom is 0.416 e. The van der Waals surface area contributed by atoms with Crippen molar-refractivity contribution in [2.24, 2.45) is 32.9 Å². The van der Waals surface area contributed by atoms with Crippen LogP contribution in [0.15, 0.2) is 58.5 Å². The Balaban J connectivity index is 1.25. The van der Waals surface area contributed by atoms with Crippen LogP contribution in [0.1, 0.15) is 93.7 Å². The Labute approximate surface area is 406 Å². The number of amides is 5. The first-order valence-electron chi connectivity index (χ1n) is 23.1. The van der Waals surface area contributed by atoms with Gasteiger partial charge < -0.3 is 69.6 Å². The van der Waals surface area contributed by atoms with Crippen molar-refractivity contribution in [3.63, 3.8) is 0 Å². The lowest BCUT2D eigenvalue weighted by Gasteiger charge is -2.22. The van der Waals surface area contributed by atoms with Gasteiger partial charge in [0, 0.05) is 51.1 Å². The van der Waals surface area contributed by atoms with E-state index in [1.54, 1.807) is 24.3 Å². The van der Waals surface area contributed by atoms with Gasteiger partial charge in [-0.2, -0.15) is 26.3 Å². The number of nitrogens with one attached hydrogen (secondary N) is 7. The molecule has 2 aliphatic rings. The number of halogens is 6. The highest BCUT2D eigenvalue weighted by atomic mass is 19.4. The van der Waals surface area contributed by atoms with E-state index in [0.717, 1.165) is 29.8 Å². The molecule has 15 N–H and O–H groups in total. The minimum Gasteiger partial charge on any atom is -0.485 e. The molecule has 0 spiro atoms. The monoisotopic (exact) mass is 1010 g/mol. The first-order valence-corrected chi connectivity index (χ1v) is 23.1. The number of aliphatic imine (C=N–C) groups is 2. The maximum absolute atomic E-state index is 14.2. The summed E-state index contributed by atoms with van der Waals surface area (Å²) >= 11 is 0. The van der Waals surface area contributed by atoms with Crippen LogP contribution in [0.2, 0.25) is 0 Å². The van der Waals surface area contributed by atoms with Crippen molar-refractivity contribution in [3.05, 3.63) is 65.2 Å². The van der Waals surface area contributed by atoms with Gasteiger partial charge in [0.05, 0.1) is 33.9 Å². The second-order valence-electron chi connectivity index (χ2n) is 17.1. The number of ether oxygens (including phenoxy) is 2. The summed E-state index contributed by atoms with van der Waals surface area (Å²) in [6.45, 7) is 4.28. The van der Waals surface area contributed by atoms with Crippen molar-refractivity contribution in [2.75, 3.05) is 65.9 Å². The molecule has 3 atom stereocenters.